The van der Waals surface area contributed by atoms with Gasteiger partial charge in [0.25, 0.3) is 0 Å². The lowest BCUT2D eigenvalue weighted by atomic mass is 10.0. The van der Waals surface area contributed by atoms with Crippen molar-refractivity contribution < 1.29 is 18.3 Å². The molecule has 2 aliphatic rings. The van der Waals surface area contributed by atoms with Crippen LogP contribution in [-0.4, -0.2) is 5.70 Å². The number of hydrogen-bond donors (Lipinski definition) is 0. The zero-order valence-electron chi connectivity index (χ0n) is 31.0. The van der Waals surface area contributed by atoms with E-state index < -0.39 is 0 Å². The molecule has 0 amide bonds. The van der Waals surface area contributed by atoms with Gasteiger partial charge in [0.05, 0.1) is 17.1 Å². The van der Waals surface area contributed by atoms with Crippen molar-refractivity contribution >= 4 is 128 Å². The molecule has 10 heteroatoms. The van der Waals surface area contributed by atoms with Gasteiger partial charge in [-0.3, -0.25) is 0 Å². The minimum atomic E-state index is 0.644. The minimum absolute atomic E-state index is 0.644. The molecule has 59 heavy (non-hydrogen) atoms. The van der Waals surface area contributed by atoms with Crippen LogP contribution in [0.4, 0.5) is 17.1 Å². The number of nitrogens with zero attached hydrogens (tertiary/aromatic N) is 1. The van der Waals surface area contributed by atoms with E-state index in [1.165, 1.54) is 21.9 Å². The van der Waals surface area contributed by atoms with Gasteiger partial charge in [-0.15, -0.1) is 0 Å². The summed E-state index contributed by atoms with van der Waals surface area (Å²) in [5, 5.41) is 5.94. The molecule has 10 aromatic rings. The van der Waals surface area contributed by atoms with E-state index in [0.717, 1.165) is 84.1 Å². The molecular weight excluding hydrogens is 955 g/mol. The van der Waals surface area contributed by atoms with Gasteiger partial charge < -0.3 is 23.2 Å². The topological polar surface area (TPSA) is 48.0 Å². The van der Waals surface area contributed by atoms with Gasteiger partial charge in [0.15, 0.2) is 17.2 Å². The van der Waals surface area contributed by atoms with Gasteiger partial charge in [-0.1, -0.05) is 112 Å². The Morgan fingerprint density at radius 3 is 1.73 bits per heavy atom. The molecule has 12 rings (SSSR count). The molecule has 2 radical (unpaired) electrons. The zero-order valence-corrected chi connectivity index (χ0v) is 36.3. The highest BCUT2D eigenvalue weighted by molar-refractivity contribution is 14.1. The Hall–Kier alpha value is -5.39. The Balaban J connectivity index is 0.000000122. The summed E-state index contributed by atoms with van der Waals surface area (Å²) in [6.07, 6.45) is 0.919. The van der Waals surface area contributed by atoms with Crippen molar-refractivity contribution in [3.05, 3.63) is 196 Å². The molecule has 0 aliphatic carbocycles. The molecule has 0 spiro atoms. The van der Waals surface area contributed by atoms with Gasteiger partial charge in [0.2, 0.25) is 0 Å². The maximum absolute atomic E-state index is 6.21. The fourth-order valence-electron chi connectivity index (χ4n) is 7.40. The third-order valence-electron chi connectivity index (χ3n) is 10.1. The summed E-state index contributed by atoms with van der Waals surface area (Å²) in [6, 6.07) is 56.2. The number of fused-ring (bicyclic) bond motifs is 10. The van der Waals surface area contributed by atoms with Gasteiger partial charge in [-0.25, -0.2) is 0 Å². The van der Waals surface area contributed by atoms with E-state index in [-0.39, 0.29) is 0 Å². The average molecular weight is 985 g/mol. The standard InChI is InChI=1S/C24H14ClNO2.C13H9ClO.C12H7BrO.BI/c25-15-9-12-20-24(13-15)28-22-8-4-2-6-19(22)26(20)16-10-11-18-17-5-1-3-7-21(17)27-23(18)14-16;14-11-6-5-10-7-9-3-1-2-4-12(9)15-13(10)8-11;13-8-5-6-10-9-3-1-2-4-11(9)14-12(10)7-8;1-2/h1-14H;1-6,8H,7H2;1-7H;. The van der Waals surface area contributed by atoms with E-state index in [9.17, 15) is 0 Å². The highest BCUT2D eigenvalue weighted by atomic mass is 127. The fourth-order valence-corrected chi connectivity index (χ4v) is 8.07. The molecule has 0 saturated heterocycles. The van der Waals surface area contributed by atoms with Crippen LogP contribution < -0.4 is 14.4 Å². The van der Waals surface area contributed by atoms with Crippen LogP contribution in [-0.2, 0) is 6.42 Å². The minimum Gasteiger partial charge on any atom is -0.457 e. The van der Waals surface area contributed by atoms with E-state index in [1.54, 1.807) is 22.4 Å². The van der Waals surface area contributed by atoms with Crippen LogP contribution in [0.25, 0.3) is 43.9 Å². The molecule has 2 aliphatic heterocycles. The smallest absolute Gasteiger partial charge is 0.169 e. The Morgan fingerprint density at radius 1 is 0.458 bits per heavy atom. The highest BCUT2D eigenvalue weighted by Crippen LogP contribution is 2.51. The van der Waals surface area contributed by atoms with Gasteiger partial charge in [0, 0.05) is 54.6 Å². The molecule has 0 unspecified atom stereocenters. The SMILES string of the molecule is Brc1ccc2c(c1)oc1ccccc12.Clc1ccc2c(c1)Oc1ccccc1C2.Clc1ccc2c(c1)Oc1ccccc1N2c1ccc2c(c1)oc1ccccc12.[B]I. The third-order valence-corrected chi connectivity index (χ3v) is 11.0. The van der Waals surface area contributed by atoms with E-state index >= 15 is 0 Å². The molecule has 0 bridgehead atoms. The molecule has 5 nitrogen and oxygen atoms in total. The van der Waals surface area contributed by atoms with E-state index in [2.05, 4.69) is 75.1 Å². The summed E-state index contributed by atoms with van der Waals surface area (Å²) in [7, 11) is 0. The first-order valence-electron chi connectivity index (χ1n) is 18.6. The fraction of sp³-hybridized carbons (Fsp3) is 0.0204. The largest absolute Gasteiger partial charge is 0.457 e. The number of rotatable bonds is 1. The Bertz CT molecular complexity index is 3150. The van der Waals surface area contributed by atoms with Crippen molar-refractivity contribution in [2.24, 2.45) is 0 Å². The van der Waals surface area contributed by atoms with E-state index in [4.69, 9.17) is 41.5 Å². The lowest BCUT2D eigenvalue weighted by molar-refractivity contribution is 0.460. The van der Waals surface area contributed by atoms with Crippen molar-refractivity contribution in [1.29, 1.82) is 0 Å². The van der Waals surface area contributed by atoms with Gasteiger partial charge >= 0.3 is 0 Å². The van der Waals surface area contributed by atoms with Crippen molar-refractivity contribution in [1.82, 2.24) is 0 Å². The first kappa shape index (κ1) is 39.1. The monoisotopic (exact) mass is 983 g/mol. The second kappa shape index (κ2) is 17.1. The van der Waals surface area contributed by atoms with Crippen LogP contribution in [0.15, 0.2) is 183 Å². The van der Waals surface area contributed by atoms with Crippen LogP contribution in [0, 0.1) is 0 Å². The molecular formula is C49H30BBrCl2INO4. The second-order valence-electron chi connectivity index (χ2n) is 13.7. The number of furan rings is 2. The Morgan fingerprint density at radius 2 is 0.983 bits per heavy atom. The Labute approximate surface area is 373 Å². The predicted molar refractivity (Wildman–Crippen MR) is 255 cm³/mol. The molecule has 2 aromatic heterocycles. The molecule has 0 atom stereocenters. The number of ether oxygens (including phenoxy) is 2. The summed E-state index contributed by atoms with van der Waals surface area (Å²) >= 11 is 17.2. The van der Waals surface area contributed by atoms with E-state index in [1.807, 2.05) is 121 Å². The number of benzene rings is 8. The van der Waals surface area contributed by atoms with E-state index in [0.29, 0.717) is 10.0 Å². The predicted octanol–water partition coefficient (Wildman–Crippen LogP) is 16.7. The number of hydrogen-bond acceptors (Lipinski definition) is 5. The molecule has 0 N–H and O–H groups in total. The van der Waals surface area contributed by atoms with Crippen LogP contribution in [0.1, 0.15) is 11.1 Å². The normalized spacial score (nSPS) is 12.0. The highest BCUT2D eigenvalue weighted by Gasteiger charge is 2.26. The molecule has 8 aromatic carbocycles. The average Bonchev–Trinajstić information content (AvgIpc) is 3.83. The summed E-state index contributed by atoms with van der Waals surface area (Å²) in [6.45, 7) is 0. The zero-order chi connectivity index (χ0) is 40.5. The summed E-state index contributed by atoms with van der Waals surface area (Å²) in [5.74, 6) is 3.34. The van der Waals surface area contributed by atoms with Crippen LogP contribution in [0.2, 0.25) is 10.0 Å². The quantitative estimate of drug-likeness (QED) is 0.121. The van der Waals surface area contributed by atoms with Crippen molar-refractivity contribution in [3.63, 3.8) is 0 Å². The van der Waals surface area contributed by atoms with Gasteiger partial charge in [0.1, 0.15) is 33.8 Å². The molecule has 4 heterocycles. The summed E-state index contributed by atoms with van der Waals surface area (Å²) < 4.78 is 24.7. The maximum atomic E-state index is 6.21. The first-order valence-corrected chi connectivity index (χ1v) is 21.4. The molecule has 286 valence electrons. The molecule has 0 fully saturated rings. The number of halogens is 4. The van der Waals surface area contributed by atoms with Crippen molar-refractivity contribution in [2.75, 3.05) is 4.90 Å². The maximum Gasteiger partial charge on any atom is 0.169 e. The van der Waals surface area contributed by atoms with Gasteiger partial charge in [-0.2, -0.15) is 22.4 Å². The summed E-state index contributed by atoms with van der Waals surface area (Å²) in [4.78, 5) is 2.18. The number of para-hydroxylation sites is 5. The van der Waals surface area contributed by atoms with Crippen LogP contribution in [0.3, 0.4) is 0 Å². The first-order chi connectivity index (χ1) is 28.9. The lowest BCUT2D eigenvalue weighted by Gasteiger charge is -2.32. The van der Waals surface area contributed by atoms with Crippen LogP contribution in [0.5, 0.6) is 23.0 Å². The number of anilines is 3. The lowest BCUT2D eigenvalue weighted by Crippen LogP contribution is -2.15. The third kappa shape index (κ3) is 7.90. The molecule has 0 saturated carbocycles. The van der Waals surface area contributed by atoms with Crippen molar-refractivity contribution in [2.45, 2.75) is 6.42 Å². The second-order valence-corrected chi connectivity index (χ2v) is 15.5. The summed E-state index contributed by atoms with van der Waals surface area (Å²) in [5.41, 5.74) is 13.4. The van der Waals surface area contributed by atoms with Crippen molar-refractivity contribution in [3.8, 4) is 23.0 Å². The Kier molecular flexibility index (Phi) is 11.3. The van der Waals surface area contributed by atoms with Gasteiger partial charge in [-0.05, 0) is 96.1 Å². The van der Waals surface area contributed by atoms with Crippen LogP contribution >= 0.6 is 61.5 Å².